The first-order valence-electron chi connectivity index (χ1n) is 11.9. The summed E-state index contributed by atoms with van der Waals surface area (Å²) in [6, 6.07) is 17.2. The van der Waals surface area contributed by atoms with E-state index >= 15 is 0 Å². The zero-order valence-corrected chi connectivity index (χ0v) is 19.1. The van der Waals surface area contributed by atoms with Crippen molar-refractivity contribution in [2.45, 2.75) is 39.2 Å². The number of pyridine rings is 1. The molecule has 166 valence electrons. The molecule has 0 bridgehead atoms. The van der Waals surface area contributed by atoms with Gasteiger partial charge in [-0.2, -0.15) is 0 Å². The molecule has 2 saturated heterocycles. The van der Waals surface area contributed by atoms with Crippen molar-refractivity contribution in [3.05, 3.63) is 65.9 Å². The molecule has 3 aromatic rings. The second kappa shape index (κ2) is 8.81. The molecule has 2 aliphatic rings. The number of amides is 1. The Morgan fingerprint density at radius 2 is 1.72 bits per heavy atom. The molecule has 3 heterocycles. The number of rotatable bonds is 3. The van der Waals surface area contributed by atoms with Gasteiger partial charge in [0.2, 0.25) is 0 Å². The van der Waals surface area contributed by atoms with Crippen LogP contribution in [0.2, 0.25) is 0 Å². The minimum absolute atomic E-state index is 0.0923. The van der Waals surface area contributed by atoms with E-state index in [0.717, 1.165) is 54.9 Å². The molecule has 0 N–H and O–H groups in total. The highest BCUT2D eigenvalue weighted by atomic mass is 16.2. The normalized spacial score (nSPS) is 19.4. The van der Waals surface area contributed by atoms with Crippen LogP contribution >= 0.6 is 0 Å². The fourth-order valence-electron chi connectivity index (χ4n) is 5.21. The van der Waals surface area contributed by atoms with E-state index in [0.29, 0.717) is 0 Å². The van der Waals surface area contributed by atoms with Crippen LogP contribution < -0.4 is 9.80 Å². The molecule has 32 heavy (non-hydrogen) atoms. The van der Waals surface area contributed by atoms with Crippen molar-refractivity contribution in [2.24, 2.45) is 0 Å². The van der Waals surface area contributed by atoms with Crippen LogP contribution in [-0.4, -0.2) is 54.6 Å². The van der Waals surface area contributed by atoms with Gasteiger partial charge in [-0.05, 0) is 56.2 Å². The standard InChI is InChI=1S/C27H32N4O/c1-20-9-8-10-22(17-20)31-16-15-30(19-21(31)2)27(32)25-18-28-26(29-13-6-3-7-14-29)24-12-5-4-11-23(24)25/h4-5,8-12,17-18,21H,3,6-7,13-16,19H2,1-2H3. The summed E-state index contributed by atoms with van der Waals surface area (Å²) in [5, 5.41) is 2.11. The number of nitrogens with zero attached hydrogens (tertiary/aromatic N) is 4. The monoisotopic (exact) mass is 428 g/mol. The summed E-state index contributed by atoms with van der Waals surface area (Å²) in [5.74, 6) is 1.11. The molecule has 0 aliphatic carbocycles. The van der Waals surface area contributed by atoms with Gasteiger partial charge >= 0.3 is 0 Å². The van der Waals surface area contributed by atoms with E-state index in [9.17, 15) is 4.79 Å². The fourth-order valence-corrected chi connectivity index (χ4v) is 5.21. The Morgan fingerprint density at radius 1 is 0.938 bits per heavy atom. The Bertz CT molecular complexity index is 1120. The quantitative estimate of drug-likeness (QED) is 0.596. The molecular weight excluding hydrogens is 396 g/mol. The number of carbonyl (C=O) groups excluding carboxylic acids is 1. The summed E-state index contributed by atoms with van der Waals surface area (Å²) in [6.07, 6.45) is 5.52. The van der Waals surface area contributed by atoms with E-state index in [-0.39, 0.29) is 11.9 Å². The highest BCUT2D eigenvalue weighted by Crippen LogP contribution is 2.30. The van der Waals surface area contributed by atoms with Gasteiger partial charge in [0.25, 0.3) is 5.91 Å². The number of hydrogen-bond donors (Lipinski definition) is 0. The number of piperidine rings is 1. The minimum atomic E-state index is 0.0923. The van der Waals surface area contributed by atoms with E-state index < -0.39 is 0 Å². The SMILES string of the molecule is Cc1cccc(N2CCN(C(=O)c3cnc(N4CCCCC4)c4ccccc34)CC2C)c1. The van der Waals surface area contributed by atoms with Crippen molar-refractivity contribution in [1.29, 1.82) is 0 Å². The molecule has 1 aromatic heterocycles. The Labute approximate surface area is 190 Å². The second-order valence-electron chi connectivity index (χ2n) is 9.22. The van der Waals surface area contributed by atoms with Gasteiger partial charge in [-0.3, -0.25) is 4.79 Å². The number of fused-ring (bicyclic) bond motifs is 1. The van der Waals surface area contributed by atoms with Crippen LogP contribution in [0.4, 0.5) is 11.5 Å². The summed E-state index contributed by atoms with van der Waals surface area (Å²) in [6.45, 7) is 8.70. The third kappa shape index (κ3) is 3.92. The lowest BCUT2D eigenvalue weighted by molar-refractivity contribution is 0.0728. The molecule has 0 spiro atoms. The molecule has 5 heteroatoms. The summed E-state index contributed by atoms with van der Waals surface area (Å²) >= 11 is 0. The van der Waals surface area contributed by atoms with Crippen LogP contribution in [0.15, 0.2) is 54.7 Å². The van der Waals surface area contributed by atoms with Crippen LogP contribution in [0, 0.1) is 6.92 Å². The summed E-state index contributed by atoms with van der Waals surface area (Å²) in [5.41, 5.74) is 3.22. The molecule has 1 atom stereocenters. The van der Waals surface area contributed by atoms with Gasteiger partial charge in [0.15, 0.2) is 0 Å². The predicted molar refractivity (Wildman–Crippen MR) is 132 cm³/mol. The Morgan fingerprint density at radius 3 is 2.47 bits per heavy atom. The Kier molecular flexibility index (Phi) is 5.73. The number of piperazine rings is 1. The second-order valence-corrected chi connectivity index (χ2v) is 9.22. The molecular formula is C27H32N4O. The highest BCUT2D eigenvalue weighted by Gasteiger charge is 2.29. The molecule has 0 saturated carbocycles. The summed E-state index contributed by atoms with van der Waals surface area (Å²) < 4.78 is 0. The van der Waals surface area contributed by atoms with Crippen LogP contribution in [0.3, 0.4) is 0 Å². The zero-order chi connectivity index (χ0) is 22.1. The third-order valence-electron chi connectivity index (χ3n) is 6.91. The molecule has 5 nitrogen and oxygen atoms in total. The smallest absolute Gasteiger partial charge is 0.256 e. The van der Waals surface area contributed by atoms with Gasteiger partial charge in [0.05, 0.1) is 5.56 Å². The predicted octanol–water partition coefficient (Wildman–Crippen LogP) is 4.88. The average Bonchev–Trinajstić information content (AvgIpc) is 2.83. The largest absolute Gasteiger partial charge is 0.365 e. The number of aryl methyl sites for hydroxylation is 1. The molecule has 2 aromatic carbocycles. The maximum Gasteiger partial charge on any atom is 0.256 e. The first-order valence-corrected chi connectivity index (χ1v) is 11.9. The molecule has 1 amide bonds. The number of carbonyl (C=O) groups is 1. The van der Waals surface area contributed by atoms with Gasteiger partial charge < -0.3 is 14.7 Å². The van der Waals surface area contributed by atoms with E-state index in [1.165, 1.54) is 30.5 Å². The molecule has 1 unspecified atom stereocenters. The number of hydrogen-bond acceptors (Lipinski definition) is 4. The van der Waals surface area contributed by atoms with Gasteiger partial charge in [-0.25, -0.2) is 4.98 Å². The summed E-state index contributed by atoms with van der Waals surface area (Å²) in [4.78, 5) is 25.2. The highest BCUT2D eigenvalue weighted by molar-refractivity contribution is 6.09. The van der Waals surface area contributed by atoms with E-state index in [2.05, 4.69) is 66.1 Å². The maximum atomic E-state index is 13.6. The topological polar surface area (TPSA) is 39.7 Å². The number of benzene rings is 2. The zero-order valence-electron chi connectivity index (χ0n) is 19.1. The van der Waals surface area contributed by atoms with Crippen molar-refractivity contribution >= 4 is 28.2 Å². The van der Waals surface area contributed by atoms with Crippen molar-refractivity contribution in [3.63, 3.8) is 0 Å². The van der Waals surface area contributed by atoms with E-state index in [1.807, 2.05) is 17.2 Å². The van der Waals surface area contributed by atoms with Crippen LogP contribution in [-0.2, 0) is 0 Å². The fraction of sp³-hybridized carbons (Fsp3) is 0.407. The molecule has 5 rings (SSSR count). The third-order valence-corrected chi connectivity index (χ3v) is 6.91. The van der Waals surface area contributed by atoms with Crippen LogP contribution in [0.1, 0.15) is 42.1 Å². The number of aromatic nitrogens is 1. The van der Waals surface area contributed by atoms with Gasteiger partial charge in [0, 0.05) is 56.0 Å². The van der Waals surface area contributed by atoms with Crippen molar-refractivity contribution < 1.29 is 4.79 Å². The average molecular weight is 429 g/mol. The lowest BCUT2D eigenvalue weighted by atomic mass is 10.0. The van der Waals surface area contributed by atoms with Gasteiger partial charge in [0.1, 0.15) is 5.82 Å². The first kappa shape index (κ1) is 20.8. The van der Waals surface area contributed by atoms with Crippen molar-refractivity contribution in [2.75, 3.05) is 42.5 Å². The van der Waals surface area contributed by atoms with Gasteiger partial charge in [-0.15, -0.1) is 0 Å². The van der Waals surface area contributed by atoms with Crippen molar-refractivity contribution in [3.8, 4) is 0 Å². The maximum absolute atomic E-state index is 13.6. The molecule has 2 fully saturated rings. The minimum Gasteiger partial charge on any atom is -0.365 e. The number of anilines is 2. The Hall–Kier alpha value is -3.08. The van der Waals surface area contributed by atoms with Crippen LogP contribution in [0.25, 0.3) is 10.8 Å². The molecule has 2 aliphatic heterocycles. The summed E-state index contributed by atoms with van der Waals surface area (Å²) in [7, 11) is 0. The van der Waals surface area contributed by atoms with Crippen LogP contribution in [0.5, 0.6) is 0 Å². The van der Waals surface area contributed by atoms with E-state index in [1.54, 1.807) is 0 Å². The lowest BCUT2D eigenvalue weighted by Crippen LogP contribution is -2.53. The van der Waals surface area contributed by atoms with Gasteiger partial charge in [-0.1, -0.05) is 36.4 Å². The first-order chi connectivity index (χ1) is 15.6. The lowest BCUT2D eigenvalue weighted by Gasteiger charge is -2.41. The molecule has 0 radical (unpaired) electrons. The van der Waals surface area contributed by atoms with Crippen molar-refractivity contribution in [1.82, 2.24) is 9.88 Å². The Balaban J connectivity index is 1.39. The van der Waals surface area contributed by atoms with E-state index in [4.69, 9.17) is 4.98 Å².